The van der Waals surface area contributed by atoms with Crippen molar-refractivity contribution in [1.82, 2.24) is 10.2 Å². The van der Waals surface area contributed by atoms with Gasteiger partial charge < -0.3 is 20.5 Å². The van der Waals surface area contributed by atoms with E-state index in [1.54, 1.807) is 13.8 Å². The van der Waals surface area contributed by atoms with Gasteiger partial charge in [-0.25, -0.2) is 0 Å². The molecule has 2 atom stereocenters. The molecule has 0 bridgehead atoms. The summed E-state index contributed by atoms with van der Waals surface area (Å²) < 4.78 is 9.48. The molecule has 0 aromatic rings. The lowest BCUT2D eigenvalue weighted by Gasteiger charge is -2.28. The molecule has 0 aliphatic heterocycles. The number of hydrogen-bond donors (Lipinski definition) is 2. The minimum atomic E-state index is -1.34. The number of nitrogens with zero attached hydrogens (tertiary/aromatic N) is 1. The highest BCUT2D eigenvalue weighted by Gasteiger charge is 2.34. The number of imide groups is 1. The van der Waals surface area contributed by atoms with Gasteiger partial charge in [0.2, 0.25) is 17.7 Å². The number of rotatable bonds is 12. The molecule has 0 aliphatic rings. The van der Waals surface area contributed by atoms with E-state index < -0.39 is 48.3 Å². The molecule has 3 N–H and O–H groups in total. The molecule has 0 radical (unpaired) electrons. The molecule has 0 spiro atoms. The molecule has 170 valence electrons. The molecule has 3 amide bonds. The highest BCUT2D eigenvalue weighted by Crippen LogP contribution is 2.14. The first kappa shape index (κ1) is 27.5. The molecule has 2 unspecified atom stereocenters. The Hall–Kier alpha value is -2.47. The SMILES string of the molecule is CCOC(=O)CNC(=O)C(CSC(C)=O)N(C(C)=O)C(=O)CCC(N)C(=O)OCC. The van der Waals surface area contributed by atoms with E-state index in [2.05, 4.69) is 5.32 Å². The number of esters is 2. The van der Waals surface area contributed by atoms with Gasteiger partial charge in [-0.1, -0.05) is 11.8 Å². The lowest BCUT2D eigenvalue weighted by molar-refractivity contribution is -0.151. The number of nitrogens with one attached hydrogen (secondary N) is 1. The summed E-state index contributed by atoms with van der Waals surface area (Å²) in [5.74, 6) is -3.84. The number of thioether (sulfide) groups is 1. The fraction of sp³-hybridized carbons (Fsp3) is 0.667. The Morgan fingerprint density at radius 1 is 1.03 bits per heavy atom. The van der Waals surface area contributed by atoms with Crippen LogP contribution in [0.25, 0.3) is 0 Å². The first-order valence-electron chi connectivity index (χ1n) is 9.36. The molecule has 0 heterocycles. The van der Waals surface area contributed by atoms with Crippen LogP contribution >= 0.6 is 11.8 Å². The summed E-state index contributed by atoms with van der Waals surface area (Å²) in [7, 11) is 0. The molecule has 0 rings (SSSR count). The van der Waals surface area contributed by atoms with Gasteiger partial charge in [-0.05, 0) is 20.3 Å². The second-order valence-corrected chi connectivity index (χ2v) is 7.22. The summed E-state index contributed by atoms with van der Waals surface area (Å²) in [4.78, 5) is 72.4. The van der Waals surface area contributed by atoms with Crippen LogP contribution in [0.3, 0.4) is 0 Å². The van der Waals surface area contributed by atoms with Gasteiger partial charge in [0.05, 0.1) is 13.2 Å². The summed E-state index contributed by atoms with van der Waals surface area (Å²) in [6, 6.07) is -2.40. The number of carbonyl (C=O) groups is 6. The third-order valence-electron chi connectivity index (χ3n) is 3.64. The zero-order valence-corrected chi connectivity index (χ0v) is 18.4. The van der Waals surface area contributed by atoms with E-state index >= 15 is 0 Å². The Labute approximate surface area is 179 Å². The predicted octanol–water partition coefficient (Wildman–Crippen LogP) is -0.640. The van der Waals surface area contributed by atoms with Gasteiger partial charge in [-0.3, -0.25) is 33.7 Å². The minimum Gasteiger partial charge on any atom is -0.465 e. The molecule has 0 aromatic heterocycles. The van der Waals surface area contributed by atoms with Gasteiger partial charge >= 0.3 is 11.9 Å². The third-order valence-corrected chi connectivity index (χ3v) is 4.53. The highest BCUT2D eigenvalue weighted by atomic mass is 32.2. The highest BCUT2D eigenvalue weighted by molar-refractivity contribution is 8.13. The fourth-order valence-electron chi connectivity index (χ4n) is 2.29. The van der Waals surface area contributed by atoms with Crippen LogP contribution in [-0.2, 0) is 38.2 Å². The van der Waals surface area contributed by atoms with Crippen LogP contribution in [0, 0.1) is 0 Å². The first-order valence-corrected chi connectivity index (χ1v) is 10.3. The Morgan fingerprint density at radius 2 is 1.63 bits per heavy atom. The minimum absolute atomic E-state index is 0.0987. The molecule has 11 nitrogen and oxygen atoms in total. The smallest absolute Gasteiger partial charge is 0.325 e. The van der Waals surface area contributed by atoms with Crippen molar-refractivity contribution in [3.63, 3.8) is 0 Å². The van der Waals surface area contributed by atoms with E-state index in [4.69, 9.17) is 15.2 Å². The maximum Gasteiger partial charge on any atom is 0.325 e. The molecule has 0 saturated carbocycles. The van der Waals surface area contributed by atoms with Gasteiger partial charge in [0.25, 0.3) is 0 Å². The van der Waals surface area contributed by atoms with E-state index in [0.29, 0.717) is 4.90 Å². The van der Waals surface area contributed by atoms with E-state index in [1.807, 2.05) is 0 Å². The van der Waals surface area contributed by atoms with Gasteiger partial charge in [-0.15, -0.1) is 0 Å². The molecule has 0 saturated heterocycles. The van der Waals surface area contributed by atoms with Crippen LogP contribution in [0.4, 0.5) is 0 Å². The maximum absolute atomic E-state index is 12.6. The second-order valence-electron chi connectivity index (χ2n) is 6.02. The van der Waals surface area contributed by atoms with Crippen LogP contribution in [0.5, 0.6) is 0 Å². The van der Waals surface area contributed by atoms with Crippen LogP contribution < -0.4 is 11.1 Å². The second kappa shape index (κ2) is 14.5. The number of nitrogens with two attached hydrogens (primary N) is 1. The van der Waals surface area contributed by atoms with Crippen molar-refractivity contribution in [3.05, 3.63) is 0 Å². The largest absolute Gasteiger partial charge is 0.465 e. The number of hydrogen-bond acceptors (Lipinski definition) is 10. The first-order chi connectivity index (χ1) is 14.0. The van der Waals surface area contributed by atoms with Crippen molar-refractivity contribution in [1.29, 1.82) is 0 Å². The Bertz CT molecular complexity index is 655. The van der Waals surface area contributed by atoms with E-state index in [0.717, 1.165) is 18.7 Å². The standard InChI is InChI=1S/C18H29N3O8S/c1-5-28-16(25)9-20-17(26)14(10-30-12(4)23)21(11(3)22)15(24)8-7-13(19)18(27)29-6-2/h13-14H,5-10,19H2,1-4H3,(H,20,26). The van der Waals surface area contributed by atoms with Crippen molar-refractivity contribution in [3.8, 4) is 0 Å². The van der Waals surface area contributed by atoms with Gasteiger partial charge in [-0.2, -0.15) is 0 Å². The van der Waals surface area contributed by atoms with E-state index in [-0.39, 0.29) is 36.9 Å². The number of amides is 3. The topological polar surface area (TPSA) is 162 Å². The van der Waals surface area contributed by atoms with Crippen LogP contribution in [0.2, 0.25) is 0 Å². The molecular formula is C18H29N3O8S. The molecule has 0 aromatic carbocycles. The lowest BCUT2D eigenvalue weighted by Crippen LogP contribution is -2.54. The Kier molecular flexibility index (Phi) is 13.3. The van der Waals surface area contributed by atoms with Crippen molar-refractivity contribution < 1.29 is 38.2 Å². The van der Waals surface area contributed by atoms with Gasteiger partial charge in [0, 0.05) is 26.0 Å². The number of ether oxygens (including phenoxy) is 2. The quantitative estimate of drug-likeness (QED) is 0.368. The summed E-state index contributed by atoms with van der Waals surface area (Å²) in [6.07, 6.45) is -0.398. The summed E-state index contributed by atoms with van der Waals surface area (Å²) in [5, 5.41) is 1.98. The van der Waals surface area contributed by atoms with Crippen molar-refractivity contribution in [2.75, 3.05) is 25.5 Å². The summed E-state index contributed by atoms with van der Waals surface area (Å²) in [6.45, 7) is 5.37. The molecule has 30 heavy (non-hydrogen) atoms. The van der Waals surface area contributed by atoms with Crippen LogP contribution in [0.1, 0.15) is 40.5 Å². The lowest BCUT2D eigenvalue weighted by atomic mass is 10.1. The third kappa shape index (κ3) is 10.3. The summed E-state index contributed by atoms with van der Waals surface area (Å²) in [5.41, 5.74) is 5.66. The molecule has 0 aliphatic carbocycles. The average Bonchev–Trinajstić information content (AvgIpc) is 2.66. The van der Waals surface area contributed by atoms with Crippen LogP contribution in [0.15, 0.2) is 0 Å². The molecule has 12 heteroatoms. The zero-order valence-electron chi connectivity index (χ0n) is 17.6. The number of carbonyl (C=O) groups excluding carboxylic acids is 6. The van der Waals surface area contributed by atoms with Gasteiger partial charge in [0.15, 0.2) is 5.12 Å². The Morgan fingerprint density at radius 3 is 2.13 bits per heavy atom. The van der Waals surface area contributed by atoms with Gasteiger partial charge in [0.1, 0.15) is 18.6 Å². The monoisotopic (exact) mass is 447 g/mol. The van der Waals surface area contributed by atoms with E-state index in [1.165, 1.54) is 6.92 Å². The van der Waals surface area contributed by atoms with Crippen LogP contribution in [-0.4, -0.2) is 77.3 Å². The van der Waals surface area contributed by atoms with Crippen molar-refractivity contribution >= 4 is 46.5 Å². The average molecular weight is 448 g/mol. The predicted molar refractivity (Wildman–Crippen MR) is 108 cm³/mol. The Balaban J connectivity index is 5.32. The van der Waals surface area contributed by atoms with Crippen molar-refractivity contribution in [2.24, 2.45) is 5.73 Å². The molecule has 0 fully saturated rings. The summed E-state index contributed by atoms with van der Waals surface area (Å²) >= 11 is 0.750. The normalized spacial score (nSPS) is 12.3. The van der Waals surface area contributed by atoms with E-state index in [9.17, 15) is 28.8 Å². The zero-order chi connectivity index (χ0) is 23.3. The molecular weight excluding hydrogens is 418 g/mol. The van der Waals surface area contributed by atoms with Crippen molar-refractivity contribution in [2.45, 2.75) is 52.6 Å². The fourth-order valence-corrected chi connectivity index (χ4v) is 2.98. The maximum atomic E-state index is 12.6.